The van der Waals surface area contributed by atoms with E-state index in [4.69, 9.17) is 9.62 Å². The van der Waals surface area contributed by atoms with E-state index >= 15 is 0 Å². The first kappa shape index (κ1) is 16.3. The molecule has 1 saturated heterocycles. The van der Waals surface area contributed by atoms with E-state index in [0.717, 1.165) is 5.56 Å². The lowest BCUT2D eigenvalue weighted by Crippen LogP contribution is -2.52. The van der Waals surface area contributed by atoms with Crippen LogP contribution in [-0.4, -0.2) is 36.8 Å². The molecule has 0 radical (unpaired) electrons. The third-order valence-electron chi connectivity index (χ3n) is 3.33. The largest absolute Gasteiger partial charge is 0.443 e. The number of nitrogens with one attached hydrogen (secondary N) is 1. The lowest BCUT2D eigenvalue weighted by Gasteiger charge is -2.28. The van der Waals surface area contributed by atoms with Gasteiger partial charge in [-0.15, -0.1) is 0 Å². The third-order valence-corrected chi connectivity index (χ3v) is 3.33. The number of carbonyl (C=O) groups excluding carboxylic acids is 2. The fraction of sp³-hybridized carbons (Fsp3) is 0.467. The van der Waals surface area contributed by atoms with Gasteiger partial charge in [-0.3, -0.25) is 10.2 Å². The number of hydrogen-bond donors (Lipinski definition) is 1. The van der Waals surface area contributed by atoms with Crippen LogP contribution >= 0.6 is 0 Å². The predicted octanol–water partition coefficient (Wildman–Crippen LogP) is 1.79. The summed E-state index contributed by atoms with van der Waals surface area (Å²) in [5, 5.41) is 1.19. The maximum Gasteiger partial charge on any atom is 0.429 e. The van der Waals surface area contributed by atoms with E-state index in [9.17, 15) is 9.59 Å². The standard InChI is InChI=1S/C15H20N2O5/c1-20-22-11-13-8-5-9-14(18)16-17(13)15(19)21-10-12-6-3-2-4-7-12/h2-4,6-7,13H,5,8-11H2,1H3,(H,16,18). The van der Waals surface area contributed by atoms with Crippen LogP contribution in [0.3, 0.4) is 0 Å². The summed E-state index contributed by atoms with van der Waals surface area (Å²) in [6.07, 6.45) is 1.06. The molecule has 1 aromatic rings. The molecule has 0 aromatic heterocycles. The van der Waals surface area contributed by atoms with Gasteiger partial charge in [-0.25, -0.2) is 19.6 Å². The number of nitrogens with zero attached hydrogens (tertiary/aromatic N) is 1. The number of carbonyl (C=O) groups is 2. The second-order valence-corrected chi connectivity index (χ2v) is 4.94. The van der Waals surface area contributed by atoms with Crippen molar-refractivity contribution in [2.24, 2.45) is 0 Å². The van der Waals surface area contributed by atoms with E-state index in [0.29, 0.717) is 19.3 Å². The van der Waals surface area contributed by atoms with Crippen LogP contribution in [0.5, 0.6) is 0 Å². The molecule has 1 aromatic carbocycles. The fourth-order valence-corrected chi connectivity index (χ4v) is 2.20. The van der Waals surface area contributed by atoms with Gasteiger partial charge in [0.05, 0.1) is 13.2 Å². The zero-order valence-corrected chi connectivity index (χ0v) is 12.5. The first-order chi connectivity index (χ1) is 10.7. The predicted molar refractivity (Wildman–Crippen MR) is 77.2 cm³/mol. The van der Waals surface area contributed by atoms with E-state index in [2.05, 4.69) is 10.3 Å². The highest BCUT2D eigenvalue weighted by molar-refractivity contribution is 5.79. The van der Waals surface area contributed by atoms with Crippen molar-refractivity contribution in [3.05, 3.63) is 35.9 Å². The van der Waals surface area contributed by atoms with Crippen molar-refractivity contribution >= 4 is 12.0 Å². The molecule has 1 unspecified atom stereocenters. The van der Waals surface area contributed by atoms with Gasteiger partial charge < -0.3 is 4.74 Å². The van der Waals surface area contributed by atoms with Crippen molar-refractivity contribution in [2.75, 3.05) is 13.7 Å². The van der Waals surface area contributed by atoms with E-state index in [1.54, 1.807) is 0 Å². The minimum Gasteiger partial charge on any atom is -0.443 e. The molecular formula is C15H20N2O5. The van der Waals surface area contributed by atoms with Crippen LogP contribution in [0.2, 0.25) is 0 Å². The Labute approximate surface area is 129 Å². The minimum atomic E-state index is -0.608. The van der Waals surface area contributed by atoms with Crippen LogP contribution in [0.1, 0.15) is 24.8 Å². The van der Waals surface area contributed by atoms with Crippen LogP contribution in [0.4, 0.5) is 4.79 Å². The van der Waals surface area contributed by atoms with Crippen molar-refractivity contribution in [2.45, 2.75) is 31.9 Å². The highest BCUT2D eigenvalue weighted by Gasteiger charge is 2.30. The van der Waals surface area contributed by atoms with Crippen LogP contribution in [0.15, 0.2) is 30.3 Å². The van der Waals surface area contributed by atoms with E-state index in [1.807, 2.05) is 30.3 Å². The third kappa shape index (κ3) is 4.71. The summed E-state index contributed by atoms with van der Waals surface area (Å²) in [5.41, 5.74) is 3.43. The SMILES string of the molecule is COOCC1CCCC(=O)NN1C(=O)OCc1ccccc1. The molecule has 1 atom stereocenters. The van der Waals surface area contributed by atoms with Gasteiger partial charge in [0.1, 0.15) is 13.2 Å². The Balaban J connectivity index is 1.97. The Kier molecular flexibility index (Phi) is 6.17. The van der Waals surface area contributed by atoms with Crippen LogP contribution in [0, 0.1) is 0 Å². The summed E-state index contributed by atoms with van der Waals surface area (Å²) in [6.45, 7) is 0.307. The van der Waals surface area contributed by atoms with Crippen molar-refractivity contribution in [1.82, 2.24) is 10.4 Å². The quantitative estimate of drug-likeness (QED) is 0.663. The summed E-state index contributed by atoms with van der Waals surface area (Å²) in [5.74, 6) is -0.212. The number of hydrogen-bond acceptors (Lipinski definition) is 5. The van der Waals surface area contributed by atoms with Gasteiger partial charge in [-0.1, -0.05) is 30.3 Å². The fourth-order valence-electron chi connectivity index (χ4n) is 2.20. The van der Waals surface area contributed by atoms with Crippen molar-refractivity contribution in [3.8, 4) is 0 Å². The van der Waals surface area contributed by atoms with E-state index in [1.165, 1.54) is 12.1 Å². The second kappa shape index (κ2) is 8.35. The highest BCUT2D eigenvalue weighted by Crippen LogP contribution is 2.14. The molecule has 7 nitrogen and oxygen atoms in total. The van der Waals surface area contributed by atoms with Crippen molar-refractivity contribution in [3.63, 3.8) is 0 Å². The highest BCUT2D eigenvalue weighted by atomic mass is 17.2. The number of benzene rings is 1. The average Bonchev–Trinajstić information content (AvgIpc) is 2.73. The molecule has 1 aliphatic heterocycles. The molecule has 2 rings (SSSR count). The minimum absolute atomic E-state index is 0.143. The molecule has 1 heterocycles. The number of hydrazine groups is 1. The molecule has 1 N–H and O–H groups in total. The monoisotopic (exact) mass is 308 g/mol. The van der Waals surface area contributed by atoms with Crippen molar-refractivity contribution < 1.29 is 24.1 Å². The molecule has 7 heteroatoms. The van der Waals surface area contributed by atoms with Gasteiger partial charge in [0.25, 0.3) is 0 Å². The Hall–Kier alpha value is -2.12. The lowest BCUT2D eigenvalue weighted by molar-refractivity contribution is -0.280. The maximum absolute atomic E-state index is 12.2. The Morgan fingerprint density at radius 1 is 1.36 bits per heavy atom. The van der Waals surface area contributed by atoms with Crippen LogP contribution in [-0.2, 0) is 25.9 Å². The number of rotatable bonds is 5. The normalized spacial score (nSPS) is 18.5. The second-order valence-electron chi connectivity index (χ2n) is 4.94. The topological polar surface area (TPSA) is 77.1 Å². The zero-order valence-electron chi connectivity index (χ0n) is 12.5. The molecule has 0 aliphatic carbocycles. The van der Waals surface area contributed by atoms with Crippen molar-refractivity contribution in [1.29, 1.82) is 0 Å². The average molecular weight is 308 g/mol. The van der Waals surface area contributed by atoms with E-state index in [-0.39, 0.29) is 25.2 Å². The molecule has 1 aliphatic rings. The molecule has 0 spiro atoms. The molecule has 0 saturated carbocycles. The first-order valence-electron chi connectivity index (χ1n) is 7.15. The van der Waals surface area contributed by atoms with Crippen LogP contribution in [0.25, 0.3) is 0 Å². The molecule has 0 bridgehead atoms. The lowest BCUT2D eigenvalue weighted by atomic mass is 10.1. The molecule has 2 amide bonds. The Bertz CT molecular complexity index is 494. The van der Waals surface area contributed by atoms with Gasteiger partial charge in [0.2, 0.25) is 5.91 Å². The van der Waals surface area contributed by atoms with Crippen LogP contribution < -0.4 is 5.43 Å². The summed E-state index contributed by atoms with van der Waals surface area (Å²) in [6, 6.07) is 9.02. The van der Waals surface area contributed by atoms with Gasteiger partial charge in [0.15, 0.2) is 0 Å². The smallest absolute Gasteiger partial charge is 0.429 e. The number of ether oxygens (including phenoxy) is 1. The number of amides is 2. The van der Waals surface area contributed by atoms with E-state index < -0.39 is 6.09 Å². The molecule has 120 valence electrons. The first-order valence-corrected chi connectivity index (χ1v) is 7.15. The van der Waals surface area contributed by atoms with Gasteiger partial charge in [0, 0.05) is 6.42 Å². The maximum atomic E-state index is 12.2. The zero-order chi connectivity index (χ0) is 15.8. The summed E-state index contributed by atoms with van der Waals surface area (Å²) in [7, 11) is 1.40. The molecule has 22 heavy (non-hydrogen) atoms. The van der Waals surface area contributed by atoms with Gasteiger partial charge in [-0.2, -0.15) is 0 Å². The molecule has 1 fully saturated rings. The van der Waals surface area contributed by atoms with Gasteiger partial charge in [-0.05, 0) is 18.4 Å². The van der Waals surface area contributed by atoms with Gasteiger partial charge >= 0.3 is 6.09 Å². The Morgan fingerprint density at radius 2 is 2.14 bits per heavy atom. The Morgan fingerprint density at radius 3 is 2.86 bits per heavy atom. The summed E-state index contributed by atoms with van der Waals surface area (Å²) < 4.78 is 5.26. The summed E-state index contributed by atoms with van der Waals surface area (Å²) in [4.78, 5) is 33.4. The summed E-state index contributed by atoms with van der Waals surface area (Å²) >= 11 is 0. The molecular weight excluding hydrogens is 288 g/mol.